The lowest BCUT2D eigenvalue weighted by Gasteiger charge is -2.22. The Kier molecular flexibility index (Phi) is 5.99. The topological polar surface area (TPSA) is 68.9 Å². The number of ether oxygens (including phenoxy) is 2. The van der Waals surface area contributed by atoms with Crippen molar-refractivity contribution in [1.82, 2.24) is 0 Å². The SMILES string of the molecule is CCOc1cc(-c2c(C(C)(C)O)oc(=O)c3ccccc23)ccc1OCC(C)C. The lowest BCUT2D eigenvalue weighted by molar-refractivity contribution is 0.0521. The van der Waals surface area contributed by atoms with Crippen molar-refractivity contribution < 1.29 is 19.0 Å². The van der Waals surface area contributed by atoms with E-state index in [1.165, 1.54) is 0 Å². The molecule has 0 aliphatic rings. The molecule has 0 saturated heterocycles. The van der Waals surface area contributed by atoms with Crippen LogP contribution in [0.1, 0.15) is 40.4 Å². The van der Waals surface area contributed by atoms with Crippen molar-refractivity contribution in [3.8, 4) is 22.6 Å². The highest BCUT2D eigenvalue weighted by atomic mass is 16.5. The second-order valence-corrected chi connectivity index (χ2v) is 8.00. The zero-order valence-corrected chi connectivity index (χ0v) is 17.6. The van der Waals surface area contributed by atoms with E-state index in [1.54, 1.807) is 26.0 Å². The average molecular weight is 396 g/mol. The van der Waals surface area contributed by atoms with E-state index < -0.39 is 11.2 Å². The summed E-state index contributed by atoms with van der Waals surface area (Å²) in [4.78, 5) is 12.5. The zero-order chi connectivity index (χ0) is 21.2. The Morgan fingerprint density at radius 3 is 2.34 bits per heavy atom. The summed E-state index contributed by atoms with van der Waals surface area (Å²) in [6.07, 6.45) is 0. The van der Waals surface area contributed by atoms with Crippen molar-refractivity contribution in [3.05, 3.63) is 58.6 Å². The smallest absolute Gasteiger partial charge is 0.343 e. The molecule has 3 aromatic rings. The Balaban J connectivity index is 2.25. The zero-order valence-electron chi connectivity index (χ0n) is 17.6. The van der Waals surface area contributed by atoms with Gasteiger partial charge in [0.05, 0.1) is 18.6 Å². The number of hydrogen-bond acceptors (Lipinski definition) is 5. The average Bonchev–Trinajstić information content (AvgIpc) is 2.66. The van der Waals surface area contributed by atoms with Gasteiger partial charge in [-0.25, -0.2) is 4.79 Å². The van der Waals surface area contributed by atoms with Crippen LogP contribution in [0.15, 0.2) is 51.7 Å². The summed E-state index contributed by atoms with van der Waals surface area (Å²) in [5, 5.41) is 11.9. The molecule has 0 spiro atoms. The monoisotopic (exact) mass is 396 g/mol. The third kappa shape index (κ3) is 4.46. The third-order valence-electron chi connectivity index (χ3n) is 4.50. The Labute approximate surface area is 170 Å². The molecule has 154 valence electrons. The maximum absolute atomic E-state index is 12.5. The van der Waals surface area contributed by atoms with Gasteiger partial charge in [-0.05, 0) is 50.5 Å². The first kappa shape index (κ1) is 20.9. The minimum Gasteiger partial charge on any atom is -0.490 e. The van der Waals surface area contributed by atoms with Crippen LogP contribution in [0.3, 0.4) is 0 Å². The standard InChI is InChI=1S/C24H28O5/c1-6-27-20-13-16(11-12-19(20)28-14-15(2)3)21-17-9-7-8-10-18(17)23(25)29-22(21)24(4,5)26/h7-13,15,26H,6,14H2,1-5H3. The molecule has 5 nitrogen and oxygen atoms in total. The summed E-state index contributed by atoms with van der Waals surface area (Å²) in [5.41, 5.74) is -0.355. The second-order valence-electron chi connectivity index (χ2n) is 8.00. The molecular weight excluding hydrogens is 368 g/mol. The van der Waals surface area contributed by atoms with Crippen molar-refractivity contribution in [2.75, 3.05) is 13.2 Å². The molecule has 2 aromatic carbocycles. The van der Waals surface area contributed by atoms with E-state index >= 15 is 0 Å². The summed E-state index contributed by atoms with van der Waals surface area (Å²) in [7, 11) is 0. The van der Waals surface area contributed by atoms with Crippen molar-refractivity contribution in [2.24, 2.45) is 5.92 Å². The highest BCUT2D eigenvalue weighted by molar-refractivity contribution is 5.97. The fourth-order valence-electron chi connectivity index (χ4n) is 3.23. The van der Waals surface area contributed by atoms with Gasteiger partial charge in [-0.2, -0.15) is 0 Å². The lowest BCUT2D eigenvalue weighted by atomic mass is 9.92. The number of benzene rings is 2. The fourth-order valence-corrected chi connectivity index (χ4v) is 3.23. The molecule has 1 N–H and O–H groups in total. The second kappa shape index (κ2) is 8.29. The molecule has 1 aromatic heterocycles. The lowest BCUT2D eigenvalue weighted by Crippen LogP contribution is -2.20. The van der Waals surface area contributed by atoms with Crippen LogP contribution in [0.4, 0.5) is 0 Å². The molecular formula is C24H28O5. The van der Waals surface area contributed by atoms with E-state index in [-0.39, 0.29) is 5.76 Å². The van der Waals surface area contributed by atoms with Crippen molar-refractivity contribution in [3.63, 3.8) is 0 Å². The van der Waals surface area contributed by atoms with Gasteiger partial charge in [-0.1, -0.05) is 38.1 Å². The third-order valence-corrected chi connectivity index (χ3v) is 4.50. The number of rotatable bonds is 7. The highest BCUT2D eigenvalue weighted by Crippen LogP contribution is 2.40. The fraction of sp³-hybridized carbons (Fsp3) is 0.375. The molecule has 0 radical (unpaired) electrons. The predicted molar refractivity (Wildman–Crippen MR) is 115 cm³/mol. The minimum absolute atomic E-state index is 0.222. The normalized spacial score (nSPS) is 11.8. The number of aliphatic hydroxyl groups is 1. The molecule has 29 heavy (non-hydrogen) atoms. The predicted octanol–water partition coefficient (Wildman–Crippen LogP) is 5.12. The van der Waals surface area contributed by atoms with Gasteiger partial charge in [0, 0.05) is 10.9 Å². The molecule has 0 saturated carbocycles. The Bertz CT molecular complexity index is 1060. The van der Waals surface area contributed by atoms with Crippen molar-refractivity contribution in [2.45, 2.75) is 40.2 Å². The van der Waals surface area contributed by atoms with Crippen LogP contribution in [-0.2, 0) is 5.60 Å². The maximum atomic E-state index is 12.5. The van der Waals surface area contributed by atoms with Gasteiger partial charge in [0.1, 0.15) is 11.4 Å². The van der Waals surface area contributed by atoms with Crippen LogP contribution in [0, 0.1) is 5.92 Å². The first-order chi connectivity index (χ1) is 13.7. The highest BCUT2D eigenvalue weighted by Gasteiger charge is 2.27. The summed E-state index contributed by atoms with van der Waals surface area (Å²) in [6, 6.07) is 12.9. The molecule has 0 aliphatic heterocycles. The minimum atomic E-state index is -1.34. The van der Waals surface area contributed by atoms with Gasteiger partial charge in [0.25, 0.3) is 0 Å². The van der Waals surface area contributed by atoms with Gasteiger partial charge in [0.2, 0.25) is 0 Å². The number of hydrogen-bond donors (Lipinski definition) is 1. The molecule has 3 rings (SSSR count). The van der Waals surface area contributed by atoms with Crippen molar-refractivity contribution in [1.29, 1.82) is 0 Å². The van der Waals surface area contributed by atoms with Gasteiger partial charge < -0.3 is 19.0 Å². The molecule has 0 bridgehead atoms. The summed E-state index contributed by atoms with van der Waals surface area (Å²) in [6.45, 7) is 10.4. The van der Waals surface area contributed by atoms with Gasteiger partial charge in [0.15, 0.2) is 11.5 Å². The van der Waals surface area contributed by atoms with E-state index in [9.17, 15) is 9.90 Å². The molecule has 5 heteroatoms. The number of fused-ring (bicyclic) bond motifs is 1. The van der Waals surface area contributed by atoms with E-state index in [2.05, 4.69) is 13.8 Å². The summed E-state index contributed by atoms with van der Waals surface area (Å²) >= 11 is 0. The van der Waals surface area contributed by atoms with E-state index in [4.69, 9.17) is 13.9 Å². The van der Waals surface area contributed by atoms with E-state index in [0.717, 1.165) is 10.9 Å². The van der Waals surface area contributed by atoms with Crippen LogP contribution in [-0.4, -0.2) is 18.3 Å². The Morgan fingerprint density at radius 2 is 1.72 bits per heavy atom. The van der Waals surface area contributed by atoms with Gasteiger partial charge in [-0.3, -0.25) is 0 Å². The first-order valence-electron chi connectivity index (χ1n) is 9.91. The Hall–Kier alpha value is -2.79. The van der Waals surface area contributed by atoms with Gasteiger partial charge >= 0.3 is 5.63 Å². The van der Waals surface area contributed by atoms with Crippen molar-refractivity contribution >= 4 is 10.8 Å². The molecule has 0 fully saturated rings. The van der Waals surface area contributed by atoms with Crippen LogP contribution in [0.5, 0.6) is 11.5 Å². The van der Waals surface area contributed by atoms with Crippen LogP contribution in [0.25, 0.3) is 21.9 Å². The largest absolute Gasteiger partial charge is 0.490 e. The molecule has 0 atom stereocenters. The van der Waals surface area contributed by atoms with Gasteiger partial charge in [-0.15, -0.1) is 0 Å². The molecule has 0 unspecified atom stereocenters. The molecule has 0 amide bonds. The van der Waals surface area contributed by atoms with E-state index in [1.807, 2.05) is 37.3 Å². The van der Waals surface area contributed by atoms with E-state index in [0.29, 0.717) is 41.6 Å². The summed E-state index contributed by atoms with van der Waals surface area (Å²) < 4.78 is 17.3. The summed E-state index contributed by atoms with van der Waals surface area (Å²) in [5.74, 6) is 1.89. The molecule has 0 aliphatic carbocycles. The van der Waals surface area contributed by atoms with Crippen LogP contribution < -0.4 is 15.1 Å². The maximum Gasteiger partial charge on any atom is 0.343 e. The molecule has 1 heterocycles. The quantitative estimate of drug-likeness (QED) is 0.600. The van der Waals surface area contributed by atoms with Crippen LogP contribution in [0.2, 0.25) is 0 Å². The first-order valence-corrected chi connectivity index (χ1v) is 9.91. The van der Waals surface area contributed by atoms with Crippen LogP contribution >= 0.6 is 0 Å². The Morgan fingerprint density at radius 1 is 1.03 bits per heavy atom.